The summed E-state index contributed by atoms with van der Waals surface area (Å²) in [4.78, 5) is 9.69. The lowest BCUT2D eigenvalue weighted by Gasteiger charge is -2.35. The first-order valence-corrected chi connectivity index (χ1v) is 13.2. The molecule has 0 fully saturated rings. The molecule has 0 saturated carbocycles. The quantitative estimate of drug-likeness (QED) is 0.315. The third kappa shape index (κ3) is 3.39. The number of aryl methyl sites for hydroxylation is 2. The minimum absolute atomic E-state index is 0.216. The third-order valence-electron chi connectivity index (χ3n) is 6.67. The molecule has 2 bridgehead atoms. The van der Waals surface area contributed by atoms with Crippen LogP contribution < -0.4 is 4.31 Å². The van der Waals surface area contributed by atoms with E-state index in [0.717, 1.165) is 27.8 Å². The molecule has 7 heteroatoms. The normalized spacial score (nSPS) is 18.5. The Hall–Kier alpha value is -3.48. The minimum atomic E-state index is -3.99. The molecule has 2 aliphatic heterocycles. The Kier molecular flexibility index (Phi) is 5.06. The van der Waals surface area contributed by atoms with Crippen molar-refractivity contribution < 1.29 is 8.42 Å². The molecule has 0 N–H and O–H groups in total. The van der Waals surface area contributed by atoms with Crippen LogP contribution in [0.1, 0.15) is 45.5 Å². The summed E-state index contributed by atoms with van der Waals surface area (Å²) >= 11 is 6.69. The molecule has 3 aromatic carbocycles. The van der Waals surface area contributed by atoms with Crippen molar-refractivity contribution >= 4 is 33.0 Å². The first-order chi connectivity index (χ1) is 16.9. The zero-order valence-electron chi connectivity index (χ0n) is 19.2. The number of hydrogen-bond acceptors (Lipinski definition) is 4. The summed E-state index contributed by atoms with van der Waals surface area (Å²) in [5, 5.41) is 0.253. The van der Waals surface area contributed by atoms with Gasteiger partial charge in [-0.3, -0.25) is 9.30 Å². The topological polar surface area (TPSA) is 62.6 Å². The summed E-state index contributed by atoms with van der Waals surface area (Å²) in [7, 11) is -3.99. The van der Waals surface area contributed by atoms with Gasteiger partial charge in [-0.05, 0) is 48.7 Å². The van der Waals surface area contributed by atoms with Crippen LogP contribution in [0.5, 0.6) is 0 Å². The maximum absolute atomic E-state index is 14.4. The van der Waals surface area contributed by atoms with Crippen LogP contribution in [0.4, 0.5) is 5.69 Å². The highest BCUT2D eigenvalue weighted by Gasteiger charge is 2.46. The molecule has 3 heterocycles. The van der Waals surface area contributed by atoms with Gasteiger partial charge in [-0.1, -0.05) is 83.4 Å². The maximum atomic E-state index is 14.4. The van der Waals surface area contributed by atoms with Crippen LogP contribution in [-0.2, 0) is 10.0 Å². The number of aliphatic imine (C=N–C) groups is 1. The van der Waals surface area contributed by atoms with Crippen molar-refractivity contribution in [2.75, 3.05) is 4.31 Å². The Balaban J connectivity index is 1.72. The molecule has 1 aromatic heterocycles. The average molecular weight is 500 g/mol. The zero-order valence-corrected chi connectivity index (χ0v) is 20.8. The van der Waals surface area contributed by atoms with Crippen LogP contribution in [0.3, 0.4) is 0 Å². The first kappa shape index (κ1) is 22.0. The number of halogens is 1. The van der Waals surface area contributed by atoms with E-state index in [1.54, 1.807) is 24.4 Å². The number of hydrogen-bond donors (Lipinski definition) is 0. The van der Waals surface area contributed by atoms with E-state index in [0.29, 0.717) is 17.0 Å². The van der Waals surface area contributed by atoms with E-state index < -0.39 is 22.1 Å². The van der Waals surface area contributed by atoms with Gasteiger partial charge in [0.15, 0.2) is 0 Å². The number of sulfonamides is 1. The predicted molar refractivity (Wildman–Crippen MR) is 139 cm³/mol. The molecule has 5 nitrogen and oxygen atoms in total. The van der Waals surface area contributed by atoms with Crippen molar-refractivity contribution in [3.63, 3.8) is 0 Å². The molecule has 0 amide bonds. The molecule has 2 aliphatic rings. The number of benzene rings is 3. The van der Waals surface area contributed by atoms with Gasteiger partial charge < -0.3 is 0 Å². The molecule has 0 saturated heterocycles. The fourth-order valence-corrected chi connectivity index (χ4v) is 6.89. The van der Waals surface area contributed by atoms with Gasteiger partial charge in [0, 0.05) is 11.8 Å². The fraction of sp³-hybridized carbons (Fsp3) is 0.143. The highest BCUT2D eigenvalue weighted by atomic mass is 35.5. The van der Waals surface area contributed by atoms with Gasteiger partial charge in [-0.25, -0.2) is 13.4 Å². The van der Waals surface area contributed by atoms with Crippen molar-refractivity contribution in [1.29, 1.82) is 0 Å². The molecule has 0 radical (unpaired) electrons. The standard InChI is InChI=1S/C28H22ClN3O2S/c1-17-8-11-20(12-9-17)35(33,34)32-23-14-15-30-28(29)24(23)26-22-16-18(2)10-13-21(22)27(32)25(31-26)19-6-4-3-5-7-19/h3-16,26-27H,1-2H3/t26-,27-/m0/s1. The van der Waals surface area contributed by atoms with Gasteiger partial charge >= 0.3 is 0 Å². The number of nitrogens with zero attached hydrogens (tertiary/aromatic N) is 3. The van der Waals surface area contributed by atoms with Crippen molar-refractivity contribution in [3.05, 3.63) is 124 Å². The van der Waals surface area contributed by atoms with E-state index in [1.807, 2.05) is 68.4 Å². The molecule has 35 heavy (non-hydrogen) atoms. The number of rotatable bonds is 3. The highest BCUT2D eigenvalue weighted by Crippen LogP contribution is 2.52. The van der Waals surface area contributed by atoms with Crippen LogP contribution in [0, 0.1) is 13.8 Å². The van der Waals surface area contributed by atoms with Crippen molar-refractivity contribution in [3.8, 4) is 0 Å². The molecule has 0 unspecified atom stereocenters. The van der Waals surface area contributed by atoms with E-state index >= 15 is 0 Å². The van der Waals surface area contributed by atoms with Crippen LogP contribution in [0.25, 0.3) is 0 Å². The molecular formula is C28H22ClN3O2S. The van der Waals surface area contributed by atoms with E-state index in [1.165, 1.54) is 4.31 Å². The zero-order chi connectivity index (χ0) is 24.3. The largest absolute Gasteiger partial charge is 0.273 e. The lowest BCUT2D eigenvalue weighted by atomic mass is 9.85. The van der Waals surface area contributed by atoms with E-state index in [4.69, 9.17) is 16.6 Å². The van der Waals surface area contributed by atoms with Gasteiger partial charge in [0.05, 0.1) is 16.3 Å². The Morgan fingerprint density at radius 3 is 2.31 bits per heavy atom. The second kappa shape index (κ2) is 8.04. The molecule has 0 spiro atoms. The van der Waals surface area contributed by atoms with Crippen LogP contribution >= 0.6 is 11.6 Å². The molecule has 2 atom stereocenters. The van der Waals surface area contributed by atoms with Gasteiger partial charge in [0.25, 0.3) is 10.0 Å². The smallest absolute Gasteiger partial charge is 0.265 e. The van der Waals surface area contributed by atoms with Crippen LogP contribution in [0.2, 0.25) is 5.15 Å². The van der Waals surface area contributed by atoms with Gasteiger partial charge in [0.2, 0.25) is 0 Å². The summed E-state index contributed by atoms with van der Waals surface area (Å²) in [6, 6.07) is 23.4. The first-order valence-electron chi connectivity index (χ1n) is 11.4. The average Bonchev–Trinajstić information content (AvgIpc) is 3.08. The second-order valence-electron chi connectivity index (χ2n) is 8.97. The lowest BCUT2D eigenvalue weighted by Crippen LogP contribution is -2.40. The van der Waals surface area contributed by atoms with Gasteiger partial charge in [-0.2, -0.15) is 0 Å². The number of pyridine rings is 1. The molecular weight excluding hydrogens is 478 g/mol. The Morgan fingerprint density at radius 2 is 1.57 bits per heavy atom. The van der Waals surface area contributed by atoms with Crippen LogP contribution in [-0.4, -0.2) is 19.1 Å². The summed E-state index contributed by atoms with van der Waals surface area (Å²) in [6.07, 6.45) is 1.56. The summed E-state index contributed by atoms with van der Waals surface area (Å²) < 4.78 is 30.2. The van der Waals surface area contributed by atoms with Crippen molar-refractivity contribution in [1.82, 2.24) is 4.98 Å². The van der Waals surface area contributed by atoms with Crippen molar-refractivity contribution in [2.24, 2.45) is 4.99 Å². The Labute approximate surface area is 209 Å². The SMILES string of the molecule is Cc1ccc(S(=O)(=O)N2c3ccnc(Cl)c3[C@H]3N=C(c4ccccc4)[C@@H]2c2ccc(C)cc23)cc1. The molecule has 0 aliphatic carbocycles. The Bertz CT molecular complexity index is 1600. The number of anilines is 1. The summed E-state index contributed by atoms with van der Waals surface area (Å²) in [5.41, 5.74) is 6.58. The van der Waals surface area contributed by atoms with E-state index in [9.17, 15) is 8.42 Å². The van der Waals surface area contributed by atoms with Crippen LogP contribution in [0.15, 0.2) is 94.9 Å². The summed E-state index contributed by atoms with van der Waals surface area (Å²) in [6.45, 7) is 3.95. The van der Waals surface area contributed by atoms with Gasteiger partial charge in [0.1, 0.15) is 17.2 Å². The minimum Gasteiger partial charge on any atom is -0.273 e. The second-order valence-corrected chi connectivity index (χ2v) is 11.1. The van der Waals surface area contributed by atoms with E-state index in [2.05, 4.69) is 11.1 Å². The predicted octanol–water partition coefficient (Wildman–Crippen LogP) is 6.19. The molecule has 174 valence electrons. The number of fused-ring (bicyclic) bond motifs is 2. The maximum Gasteiger partial charge on any atom is 0.265 e. The third-order valence-corrected chi connectivity index (χ3v) is 8.76. The monoisotopic (exact) mass is 499 g/mol. The Morgan fingerprint density at radius 1 is 0.857 bits per heavy atom. The number of aromatic nitrogens is 1. The fourth-order valence-electron chi connectivity index (χ4n) is 5.02. The van der Waals surface area contributed by atoms with Crippen molar-refractivity contribution in [2.45, 2.75) is 30.8 Å². The molecule has 4 aromatic rings. The summed E-state index contributed by atoms with van der Waals surface area (Å²) in [5.74, 6) is 0. The molecule has 6 rings (SSSR count). The van der Waals surface area contributed by atoms with Gasteiger partial charge in [-0.15, -0.1) is 0 Å². The lowest BCUT2D eigenvalue weighted by molar-refractivity contribution is 0.588. The highest BCUT2D eigenvalue weighted by molar-refractivity contribution is 7.92. The van der Waals surface area contributed by atoms with E-state index in [-0.39, 0.29) is 10.0 Å².